The van der Waals surface area contributed by atoms with Gasteiger partial charge in [0.05, 0.1) is 5.52 Å². The number of hydrogen-bond acceptors (Lipinski definition) is 4. The van der Waals surface area contributed by atoms with Crippen molar-refractivity contribution >= 4 is 28.4 Å². The fourth-order valence-electron chi connectivity index (χ4n) is 2.95. The van der Waals surface area contributed by atoms with Crippen LogP contribution in [0.3, 0.4) is 0 Å². The summed E-state index contributed by atoms with van der Waals surface area (Å²) in [6.07, 6.45) is 0. The first-order valence-corrected chi connectivity index (χ1v) is 8.48. The van der Waals surface area contributed by atoms with E-state index in [2.05, 4.69) is 62.2 Å². The van der Waals surface area contributed by atoms with Crippen LogP contribution in [-0.2, 0) is 0 Å². The molecule has 124 valence electrons. The van der Waals surface area contributed by atoms with E-state index >= 15 is 0 Å². The average Bonchev–Trinajstić information content (AvgIpc) is 2.58. The van der Waals surface area contributed by atoms with Gasteiger partial charge in [-0.3, -0.25) is 0 Å². The number of rotatable bonds is 5. The van der Waals surface area contributed by atoms with Gasteiger partial charge in [0, 0.05) is 24.2 Å². The minimum Gasteiger partial charge on any atom is -0.356 e. The number of nitrogens with one attached hydrogen (secondary N) is 1. The van der Waals surface area contributed by atoms with E-state index in [1.54, 1.807) is 0 Å². The molecule has 0 aliphatic heterocycles. The summed E-state index contributed by atoms with van der Waals surface area (Å²) in [6, 6.07) is 14.5. The second-order valence-corrected chi connectivity index (χ2v) is 6.00. The second-order valence-electron chi connectivity index (χ2n) is 6.00. The third-order valence-electron chi connectivity index (χ3n) is 4.27. The van der Waals surface area contributed by atoms with Crippen LogP contribution >= 0.6 is 0 Å². The Morgan fingerprint density at radius 3 is 2.42 bits per heavy atom. The normalized spacial score (nSPS) is 10.8. The standard InChI is InChI=1S/C20H24N4/c1-5-24(6-2)19-16-9-7-8-10-18(16)22-20(23-19)21-17-12-11-14(3)13-15(17)4/h7-13H,5-6H2,1-4H3,(H,21,22,23). The highest BCUT2D eigenvalue weighted by atomic mass is 15.2. The maximum atomic E-state index is 4.81. The number of fused-ring (bicyclic) bond motifs is 1. The minimum atomic E-state index is 0.641. The quantitative estimate of drug-likeness (QED) is 0.730. The molecule has 3 rings (SSSR count). The van der Waals surface area contributed by atoms with Crippen LogP contribution in [0.2, 0.25) is 0 Å². The summed E-state index contributed by atoms with van der Waals surface area (Å²) in [5, 5.41) is 4.48. The SMILES string of the molecule is CCN(CC)c1nc(Nc2ccc(C)cc2C)nc2ccccc12. The first-order valence-electron chi connectivity index (χ1n) is 8.48. The zero-order valence-corrected chi connectivity index (χ0v) is 14.8. The summed E-state index contributed by atoms with van der Waals surface area (Å²) in [5.74, 6) is 1.63. The molecule has 0 bridgehead atoms. The van der Waals surface area contributed by atoms with E-state index in [1.165, 1.54) is 11.1 Å². The number of para-hydroxylation sites is 1. The lowest BCUT2D eigenvalue weighted by atomic mass is 10.1. The summed E-state index contributed by atoms with van der Waals surface area (Å²) >= 11 is 0. The number of aryl methyl sites for hydroxylation is 2. The average molecular weight is 320 g/mol. The van der Waals surface area contributed by atoms with Gasteiger partial charge in [0.2, 0.25) is 5.95 Å². The third-order valence-corrected chi connectivity index (χ3v) is 4.27. The highest BCUT2D eigenvalue weighted by Gasteiger charge is 2.12. The summed E-state index contributed by atoms with van der Waals surface area (Å²) in [5.41, 5.74) is 4.44. The Morgan fingerprint density at radius 1 is 0.958 bits per heavy atom. The lowest BCUT2D eigenvalue weighted by Crippen LogP contribution is -2.23. The molecule has 0 saturated carbocycles. The molecular formula is C20H24N4. The van der Waals surface area contributed by atoms with Gasteiger partial charge in [0.25, 0.3) is 0 Å². The lowest BCUT2D eigenvalue weighted by Gasteiger charge is -2.22. The Kier molecular flexibility index (Phi) is 4.65. The molecular weight excluding hydrogens is 296 g/mol. The molecule has 0 aliphatic carbocycles. The van der Waals surface area contributed by atoms with Gasteiger partial charge < -0.3 is 10.2 Å². The van der Waals surface area contributed by atoms with Crippen molar-refractivity contribution in [1.82, 2.24) is 9.97 Å². The van der Waals surface area contributed by atoms with Crippen LogP contribution in [0.1, 0.15) is 25.0 Å². The van der Waals surface area contributed by atoms with Gasteiger partial charge in [-0.15, -0.1) is 0 Å². The van der Waals surface area contributed by atoms with Gasteiger partial charge in [-0.2, -0.15) is 4.98 Å². The summed E-state index contributed by atoms with van der Waals surface area (Å²) < 4.78 is 0. The van der Waals surface area contributed by atoms with Crippen LogP contribution < -0.4 is 10.2 Å². The van der Waals surface area contributed by atoms with E-state index < -0.39 is 0 Å². The third kappa shape index (κ3) is 3.18. The predicted octanol–water partition coefficient (Wildman–Crippen LogP) is 4.84. The molecule has 4 nitrogen and oxygen atoms in total. The van der Waals surface area contributed by atoms with Crippen molar-refractivity contribution in [3.8, 4) is 0 Å². The molecule has 1 aromatic heterocycles. The summed E-state index contributed by atoms with van der Waals surface area (Å²) in [6.45, 7) is 10.3. The predicted molar refractivity (Wildman–Crippen MR) is 102 cm³/mol. The Bertz CT molecular complexity index is 853. The van der Waals surface area contributed by atoms with E-state index in [-0.39, 0.29) is 0 Å². The van der Waals surface area contributed by atoms with E-state index in [0.717, 1.165) is 35.5 Å². The fraction of sp³-hybridized carbons (Fsp3) is 0.300. The van der Waals surface area contributed by atoms with Crippen LogP contribution in [0.4, 0.5) is 17.5 Å². The molecule has 0 aliphatic rings. The smallest absolute Gasteiger partial charge is 0.229 e. The fourth-order valence-corrected chi connectivity index (χ4v) is 2.95. The summed E-state index contributed by atoms with van der Waals surface area (Å²) in [7, 11) is 0. The molecule has 0 saturated heterocycles. The maximum Gasteiger partial charge on any atom is 0.229 e. The van der Waals surface area contributed by atoms with Crippen molar-refractivity contribution in [2.24, 2.45) is 0 Å². The number of benzene rings is 2. The van der Waals surface area contributed by atoms with E-state index in [0.29, 0.717) is 5.95 Å². The van der Waals surface area contributed by atoms with Crippen LogP contribution in [0.15, 0.2) is 42.5 Å². The van der Waals surface area contributed by atoms with Crippen molar-refractivity contribution in [2.45, 2.75) is 27.7 Å². The molecule has 2 aromatic carbocycles. The molecule has 1 heterocycles. The molecule has 1 N–H and O–H groups in total. The topological polar surface area (TPSA) is 41.1 Å². The number of nitrogens with zero attached hydrogens (tertiary/aromatic N) is 3. The van der Waals surface area contributed by atoms with Crippen molar-refractivity contribution in [3.63, 3.8) is 0 Å². The zero-order chi connectivity index (χ0) is 17.1. The van der Waals surface area contributed by atoms with Gasteiger partial charge in [-0.1, -0.05) is 29.8 Å². The number of aromatic nitrogens is 2. The van der Waals surface area contributed by atoms with Gasteiger partial charge in [-0.25, -0.2) is 4.98 Å². The van der Waals surface area contributed by atoms with Gasteiger partial charge in [-0.05, 0) is 51.5 Å². The Hall–Kier alpha value is -2.62. The Labute approximate surface area is 143 Å². The molecule has 0 unspecified atom stereocenters. The van der Waals surface area contributed by atoms with E-state index in [9.17, 15) is 0 Å². The van der Waals surface area contributed by atoms with Crippen LogP contribution in [0.5, 0.6) is 0 Å². The first-order chi connectivity index (χ1) is 11.6. The van der Waals surface area contributed by atoms with Crippen molar-refractivity contribution in [2.75, 3.05) is 23.3 Å². The van der Waals surface area contributed by atoms with Crippen molar-refractivity contribution in [3.05, 3.63) is 53.6 Å². The molecule has 0 radical (unpaired) electrons. The Balaban J connectivity index is 2.08. The monoisotopic (exact) mass is 320 g/mol. The zero-order valence-electron chi connectivity index (χ0n) is 14.8. The highest BCUT2D eigenvalue weighted by molar-refractivity contribution is 5.90. The van der Waals surface area contributed by atoms with Crippen molar-refractivity contribution in [1.29, 1.82) is 0 Å². The molecule has 0 fully saturated rings. The highest BCUT2D eigenvalue weighted by Crippen LogP contribution is 2.27. The lowest BCUT2D eigenvalue weighted by molar-refractivity contribution is 0.850. The molecule has 3 aromatic rings. The van der Waals surface area contributed by atoms with Crippen LogP contribution in [-0.4, -0.2) is 23.1 Å². The van der Waals surface area contributed by atoms with Gasteiger partial charge >= 0.3 is 0 Å². The van der Waals surface area contributed by atoms with E-state index in [4.69, 9.17) is 9.97 Å². The molecule has 24 heavy (non-hydrogen) atoms. The first kappa shape index (κ1) is 16.2. The number of hydrogen-bond donors (Lipinski definition) is 1. The Morgan fingerprint density at radius 2 is 1.71 bits per heavy atom. The number of anilines is 3. The van der Waals surface area contributed by atoms with Crippen LogP contribution in [0.25, 0.3) is 10.9 Å². The van der Waals surface area contributed by atoms with Gasteiger partial charge in [0.1, 0.15) is 5.82 Å². The molecule has 0 amide bonds. The molecule has 0 atom stereocenters. The molecule has 0 spiro atoms. The minimum absolute atomic E-state index is 0.641. The largest absolute Gasteiger partial charge is 0.356 e. The van der Waals surface area contributed by atoms with E-state index in [1.807, 2.05) is 18.2 Å². The molecule has 4 heteroatoms. The summed E-state index contributed by atoms with van der Waals surface area (Å²) in [4.78, 5) is 11.8. The maximum absolute atomic E-state index is 4.81. The van der Waals surface area contributed by atoms with Crippen molar-refractivity contribution < 1.29 is 0 Å². The van der Waals surface area contributed by atoms with Gasteiger partial charge in [0.15, 0.2) is 0 Å². The second kappa shape index (κ2) is 6.87. The van der Waals surface area contributed by atoms with Crippen LogP contribution in [0, 0.1) is 13.8 Å².